The van der Waals surface area contributed by atoms with E-state index in [1.807, 2.05) is 81.9 Å². The first-order chi connectivity index (χ1) is 25.3. The Labute approximate surface area is 301 Å². The summed E-state index contributed by atoms with van der Waals surface area (Å²) in [5.74, 6) is -1.65. The molecule has 4 amide bonds. The van der Waals surface area contributed by atoms with E-state index in [1.54, 1.807) is 24.3 Å². The van der Waals surface area contributed by atoms with Crippen LogP contribution in [0.1, 0.15) is 54.3 Å². The molecular weight excluding hydrogens is 652 g/mol. The van der Waals surface area contributed by atoms with E-state index in [2.05, 4.69) is 48.5 Å². The summed E-state index contributed by atoms with van der Waals surface area (Å²) in [6.07, 6.45) is 17.2. The lowest BCUT2D eigenvalue weighted by atomic mass is 9.86. The fourth-order valence-corrected chi connectivity index (χ4v) is 7.19. The molecule has 256 valence electrons. The van der Waals surface area contributed by atoms with E-state index in [9.17, 15) is 19.2 Å². The highest BCUT2D eigenvalue weighted by molar-refractivity contribution is 6.33. The maximum absolute atomic E-state index is 13.7. The molecule has 2 aromatic carbocycles. The number of aromatic nitrogens is 4. The smallest absolute Gasteiger partial charge is 0.261 e. The Bertz CT molecular complexity index is 2150. The van der Waals surface area contributed by atoms with Crippen LogP contribution in [0.3, 0.4) is 0 Å². The normalized spacial score (nSPS) is 13.7. The lowest BCUT2D eigenvalue weighted by Crippen LogP contribution is -2.45. The van der Waals surface area contributed by atoms with E-state index in [0.29, 0.717) is 59.0 Å². The Morgan fingerprint density at radius 3 is 0.962 bits per heavy atom. The van der Waals surface area contributed by atoms with Crippen LogP contribution in [0.5, 0.6) is 0 Å². The zero-order valence-corrected chi connectivity index (χ0v) is 29.1. The van der Waals surface area contributed by atoms with Gasteiger partial charge < -0.3 is 0 Å². The van der Waals surface area contributed by atoms with Crippen molar-refractivity contribution in [2.24, 2.45) is 14.1 Å². The predicted octanol–water partition coefficient (Wildman–Crippen LogP) is 3.77. The van der Waals surface area contributed by atoms with Crippen molar-refractivity contribution in [3.63, 3.8) is 0 Å². The van der Waals surface area contributed by atoms with Crippen LogP contribution in [-0.2, 0) is 27.2 Å². The van der Waals surface area contributed by atoms with E-state index in [-0.39, 0.29) is 13.1 Å². The molecule has 0 saturated carbocycles. The summed E-state index contributed by atoms with van der Waals surface area (Å²) in [6, 6.07) is 23.0. The lowest BCUT2D eigenvalue weighted by molar-refractivity contribution is -0.697. The van der Waals surface area contributed by atoms with E-state index < -0.39 is 23.6 Å². The summed E-state index contributed by atoms with van der Waals surface area (Å²) in [5.41, 5.74) is 5.80. The van der Waals surface area contributed by atoms with Crippen LogP contribution in [0.2, 0.25) is 0 Å². The molecular formula is C42H38N6O4+4. The average Bonchev–Trinajstić information content (AvgIpc) is 3.17. The molecule has 0 radical (unpaired) electrons. The van der Waals surface area contributed by atoms with Crippen molar-refractivity contribution in [1.82, 2.24) is 9.80 Å². The molecule has 0 N–H and O–H groups in total. The molecule has 0 unspecified atom stereocenters. The van der Waals surface area contributed by atoms with Gasteiger partial charge in [0.1, 0.15) is 27.2 Å². The van der Waals surface area contributed by atoms with Gasteiger partial charge in [-0.3, -0.25) is 29.0 Å². The summed E-state index contributed by atoms with van der Waals surface area (Å²) in [7, 11) is 3.96. The number of carbonyl (C=O) groups is 4. The minimum Gasteiger partial charge on any atom is -0.274 e. The third-order valence-corrected chi connectivity index (χ3v) is 10.1. The number of aryl methyl sites for hydroxylation is 4. The predicted molar refractivity (Wildman–Crippen MR) is 190 cm³/mol. The average molecular weight is 691 g/mol. The maximum Gasteiger partial charge on any atom is 0.261 e. The first-order valence-corrected chi connectivity index (χ1v) is 17.5. The van der Waals surface area contributed by atoms with Gasteiger partial charge in [-0.25, -0.2) is 18.3 Å². The quantitative estimate of drug-likeness (QED) is 0.162. The van der Waals surface area contributed by atoms with Crippen molar-refractivity contribution in [2.75, 3.05) is 13.1 Å². The van der Waals surface area contributed by atoms with Gasteiger partial charge in [0.05, 0.1) is 0 Å². The van der Waals surface area contributed by atoms with Crippen molar-refractivity contribution in [3.05, 3.63) is 145 Å². The number of nitrogens with zero attached hydrogens (tertiary/aromatic N) is 6. The van der Waals surface area contributed by atoms with Gasteiger partial charge in [-0.1, -0.05) is 0 Å². The molecule has 0 aliphatic carbocycles. The summed E-state index contributed by atoms with van der Waals surface area (Å²) in [4.78, 5) is 57.5. The SMILES string of the molecule is C[n+]1ccc(-c2cc[n+](CCCN3C(=O)c4ccc5c6c(ccc(c46)C3=O)C(=O)N(CCC[n+]3ccc(-c4cc[n+](C)cc4)cc3)C5=O)cc2)cc1. The summed E-state index contributed by atoms with van der Waals surface area (Å²) in [6.45, 7) is 1.72. The van der Waals surface area contributed by atoms with Crippen LogP contribution in [-0.4, -0.2) is 46.5 Å². The second-order valence-electron chi connectivity index (χ2n) is 13.5. The standard InChI is InChI=1S/C42H38N6O4/c1-43-21-9-29(10-22-43)31-13-25-45(26-14-31)17-3-19-47-39(49)33-5-7-35-38-36(8-6-34(37(33)38)40(47)50)42(52)48(41(35)51)20-4-18-46-27-15-32(16-28-46)30-11-23-44(2)24-12-30/h5-16,21-28H,3-4,17-20H2,1-2H3/q+4. The summed E-state index contributed by atoms with van der Waals surface area (Å²) >= 11 is 0. The molecule has 0 saturated heterocycles. The number of hydrogen-bond donors (Lipinski definition) is 0. The van der Waals surface area contributed by atoms with Gasteiger partial charge in [0, 0.05) is 107 Å². The molecule has 2 aliphatic rings. The van der Waals surface area contributed by atoms with Crippen molar-refractivity contribution < 1.29 is 37.4 Å². The van der Waals surface area contributed by atoms with E-state index in [1.165, 1.54) is 9.80 Å². The van der Waals surface area contributed by atoms with Gasteiger partial charge in [0.2, 0.25) is 0 Å². The Morgan fingerprint density at radius 2 is 0.673 bits per heavy atom. The highest BCUT2D eigenvalue weighted by Crippen LogP contribution is 2.38. The van der Waals surface area contributed by atoms with Gasteiger partial charge in [-0.05, 0) is 46.5 Å². The van der Waals surface area contributed by atoms with Gasteiger partial charge in [0.15, 0.2) is 49.6 Å². The minimum absolute atomic E-state index is 0.240. The second-order valence-corrected chi connectivity index (χ2v) is 13.5. The highest BCUT2D eigenvalue weighted by atomic mass is 16.2. The number of imide groups is 2. The van der Waals surface area contributed by atoms with E-state index >= 15 is 0 Å². The Balaban J connectivity index is 0.937. The van der Waals surface area contributed by atoms with E-state index in [4.69, 9.17) is 0 Å². The number of amides is 4. The molecule has 10 heteroatoms. The fraction of sp³-hybridized carbons (Fsp3) is 0.190. The van der Waals surface area contributed by atoms with Gasteiger partial charge in [-0.15, -0.1) is 0 Å². The maximum atomic E-state index is 13.7. The van der Waals surface area contributed by atoms with Crippen LogP contribution < -0.4 is 18.3 Å². The first-order valence-electron chi connectivity index (χ1n) is 17.5. The highest BCUT2D eigenvalue weighted by Gasteiger charge is 2.39. The molecule has 0 atom stereocenters. The summed E-state index contributed by atoms with van der Waals surface area (Å²) < 4.78 is 8.05. The lowest BCUT2D eigenvalue weighted by Gasteiger charge is -2.31. The first kappa shape index (κ1) is 32.8. The monoisotopic (exact) mass is 690 g/mol. The molecule has 6 aromatic rings. The van der Waals surface area contributed by atoms with Crippen LogP contribution in [0.15, 0.2) is 122 Å². The minimum atomic E-state index is -0.412. The number of carbonyl (C=O) groups excluding carboxylic acids is 4. The summed E-state index contributed by atoms with van der Waals surface area (Å²) in [5, 5.41) is 0.787. The molecule has 4 aromatic heterocycles. The molecule has 6 heterocycles. The number of pyridine rings is 4. The second kappa shape index (κ2) is 13.4. The van der Waals surface area contributed by atoms with Gasteiger partial charge in [0.25, 0.3) is 23.6 Å². The number of hydrogen-bond acceptors (Lipinski definition) is 4. The topological polar surface area (TPSA) is 90.3 Å². The largest absolute Gasteiger partial charge is 0.274 e. The van der Waals surface area contributed by atoms with Crippen LogP contribution >= 0.6 is 0 Å². The zero-order chi connectivity index (χ0) is 35.9. The van der Waals surface area contributed by atoms with Crippen LogP contribution in [0.4, 0.5) is 0 Å². The molecule has 0 bridgehead atoms. The van der Waals surface area contributed by atoms with Crippen LogP contribution in [0, 0.1) is 0 Å². The van der Waals surface area contributed by atoms with Crippen molar-refractivity contribution in [2.45, 2.75) is 25.9 Å². The number of rotatable bonds is 10. The fourth-order valence-electron chi connectivity index (χ4n) is 7.19. The van der Waals surface area contributed by atoms with Gasteiger partial charge in [-0.2, -0.15) is 0 Å². The zero-order valence-electron chi connectivity index (χ0n) is 29.1. The molecule has 8 rings (SSSR count). The van der Waals surface area contributed by atoms with Crippen molar-refractivity contribution in [3.8, 4) is 22.3 Å². The third-order valence-electron chi connectivity index (χ3n) is 10.1. The third kappa shape index (κ3) is 5.91. The molecule has 52 heavy (non-hydrogen) atoms. The van der Waals surface area contributed by atoms with Crippen LogP contribution in [0.25, 0.3) is 33.0 Å². The Hall–Kier alpha value is -6.42. The molecule has 0 fully saturated rings. The Morgan fingerprint density at radius 1 is 0.404 bits per heavy atom. The molecule has 2 aliphatic heterocycles. The van der Waals surface area contributed by atoms with Crippen molar-refractivity contribution in [1.29, 1.82) is 0 Å². The van der Waals surface area contributed by atoms with Gasteiger partial charge >= 0.3 is 0 Å². The van der Waals surface area contributed by atoms with E-state index in [0.717, 1.165) is 22.3 Å². The molecule has 10 nitrogen and oxygen atoms in total. The van der Waals surface area contributed by atoms with Crippen molar-refractivity contribution >= 4 is 34.4 Å². The number of benzene rings is 2. The molecule has 0 spiro atoms. The Kier molecular flexibility index (Phi) is 8.42.